The Balaban J connectivity index is 2.01. The molecule has 0 amide bonds. The fraction of sp³-hybridized carbons (Fsp3) is 0.500. The molecule has 3 heteroatoms. The van der Waals surface area contributed by atoms with E-state index in [0.29, 0.717) is 18.6 Å². The van der Waals surface area contributed by atoms with E-state index in [4.69, 9.17) is 0 Å². The maximum Gasteiger partial charge on any atom is 0.169 e. The van der Waals surface area contributed by atoms with Crippen molar-refractivity contribution in [3.63, 3.8) is 0 Å². The standard InChI is InChI=1S/C16H17BrO2/c1-9-6-16(7-10(2)14(9)18)8-11-3-4-12(17)5-13(11)15(16)19/h3-5,9-10H,6-8H2,1-2H3. The second-order valence-electron chi connectivity index (χ2n) is 6.20. The highest BCUT2D eigenvalue weighted by Gasteiger charge is 2.51. The Hall–Kier alpha value is -0.960. The second kappa shape index (κ2) is 4.27. The van der Waals surface area contributed by atoms with E-state index < -0.39 is 0 Å². The molecule has 0 bridgehead atoms. The van der Waals surface area contributed by atoms with Gasteiger partial charge in [-0.1, -0.05) is 35.8 Å². The van der Waals surface area contributed by atoms with Crippen LogP contribution in [0.5, 0.6) is 0 Å². The van der Waals surface area contributed by atoms with E-state index in [1.165, 1.54) is 0 Å². The van der Waals surface area contributed by atoms with Crippen molar-refractivity contribution in [1.82, 2.24) is 0 Å². The van der Waals surface area contributed by atoms with Crippen molar-refractivity contribution in [3.05, 3.63) is 33.8 Å². The monoisotopic (exact) mass is 320 g/mol. The second-order valence-corrected chi connectivity index (χ2v) is 7.12. The molecule has 1 fully saturated rings. The summed E-state index contributed by atoms with van der Waals surface area (Å²) in [6.07, 6.45) is 2.22. The third-order valence-corrected chi connectivity index (χ3v) is 5.19. The molecule has 0 aliphatic heterocycles. The highest BCUT2D eigenvalue weighted by molar-refractivity contribution is 9.10. The zero-order chi connectivity index (χ0) is 13.8. The Labute approximate surface area is 121 Å². The number of carbonyl (C=O) groups is 2. The summed E-state index contributed by atoms with van der Waals surface area (Å²) >= 11 is 3.43. The number of halogens is 1. The van der Waals surface area contributed by atoms with Crippen LogP contribution in [0.1, 0.15) is 42.6 Å². The van der Waals surface area contributed by atoms with Gasteiger partial charge in [0.25, 0.3) is 0 Å². The largest absolute Gasteiger partial charge is 0.299 e. The molecular weight excluding hydrogens is 304 g/mol. The molecule has 2 nitrogen and oxygen atoms in total. The van der Waals surface area contributed by atoms with Gasteiger partial charge in [-0.25, -0.2) is 0 Å². The Morgan fingerprint density at radius 3 is 2.42 bits per heavy atom. The number of benzene rings is 1. The predicted octanol–water partition coefficient (Wildman–Crippen LogP) is 3.81. The van der Waals surface area contributed by atoms with Crippen molar-refractivity contribution in [3.8, 4) is 0 Å². The van der Waals surface area contributed by atoms with Gasteiger partial charge < -0.3 is 0 Å². The van der Waals surface area contributed by atoms with E-state index in [2.05, 4.69) is 15.9 Å². The first-order chi connectivity index (χ1) is 8.93. The topological polar surface area (TPSA) is 34.1 Å². The van der Waals surface area contributed by atoms with Crippen molar-refractivity contribution >= 4 is 27.5 Å². The molecule has 3 rings (SSSR count). The summed E-state index contributed by atoms with van der Waals surface area (Å²) in [5, 5.41) is 0. The molecular formula is C16H17BrO2. The van der Waals surface area contributed by atoms with Crippen LogP contribution in [-0.2, 0) is 11.2 Å². The maximum atomic E-state index is 12.8. The Kier molecular flexibility index (Phi) is 2.93. The van der Waals surface area contributed by atoms with E-state index in [9.17, 15) is 9.59 Å². The predicted molar refractivity (Wildman–Crippen MR) is 77.2 cm³/mol. The van der Waals surface area contributed by atoms with Crippen molar-refractivity contribution in [1.29, 1.82) is 0 Å². The fourth-order valence-corrected chi connectivity index (χ4v) is 4.28. The highest BCUT2D eigenvalue weighted by atomic mass is 79.9. The number of carbonyl (C=O) groups excluding carboxylic acids is 2. The van der Waals surface area contributed by atoms with Gasteiger partial charge in [-0.05, 0) is 37.0 Å². The van der Waals surface area contributed by atoms with Crippen molar-refractivity contribution in [2.45, 2.75) is 33.1 Å². The zero-order valence-corrected chi connectivity index (χ0v) is 12.8. The van der Waals surface area contributed by atoms with Crippen LogP contribution < -0.4 is 0 Å². The smallest absolute Gasteiger partial charge is 0.169 e. The lowest BCUT2D eigenvalue weighted by Gasteiger charge is -2.37. The van der Waals surface area contributed by atoms with Crippen LogP contribution in [0.3, 0.4) is 0 Å². The molecule has 0 aromatic heterocycles. The summed E-state index contributed by atoms with van der Waals surface area (Å²) in [7, 11) is 0. The van der Waals surface area contributed by atoms with Crippen LogP contribution in [0.25, 0.3) is 0 Å². The maximum absolute atomic E-state index is 12.8. The lowest BCUT2D eigenvalue weighted by Crippen LogP contribution is -2.41. The minimum Gasteiger partial charge on any atom is -0.299 e. The number of fused-ring (bicyclic) bond motifs is 1. The molecule has 2 aliphatic rings. The Morgan fingerprint density at radius 2 is 1.79 bits per heavy atom. The Morgan fingerprint density at radius 1 is 1.16 bits per heavy atom. The highest BCUT2D eigenvalue weighted by Crippen LogP contribution is 2.49. The van der Waals surface area contributed by atoms with E-state index in [-0.39, 0.29) is 23.0 Å². The fourth-order valence-electron chi connectivity index (χ4n) is 3.92. The normalized spacial score (nSPS) is 33.8. The third-order valence-electron chi connectivity index (χ3n) is 4.69. The lowest BCUT2D eigenvalue weighted by atomic mass is 9.64. The molecule has 0 heterocycles. The number of hydrogen-bond acceptors (Lipinski definition) is 2. The molecule has 0 N–H and O–H groups in total. The summed E-state index contributed by atoms with van der Waals surface area (Å²) in [5.41, 5.74) is 1.67. The summed E-state index contributed by atoms with van der Waals surface area (Å²) < 4.78 is 0.949. The summed E-state index contributed by atoms with van der Waals surface area (Å²) in [6.45, 7) is 3.93. The van der Waals surface area contributed by atoms with Crippen LogP contribution in [0.2, 0.25) is 0 Å². The van der Waals surface area contributed by atoms with Crippen molar-refractivity contribution in [2.75, 3.05) is 0 Å². The van der Waals surface area contributed by atoms with Gasteiger partial charge in [0.05, 0.1) is 0 Å². The lowest BCUT2D eigenvalue weighted by molar-refractivity contribution is -0.130. The molecule has 1 aromatic rings. The van der Waals surface area contributed by atoms with Gasteiger partial charge in [-0.2, -0.15) is 0 Å². The molecule has 1 spiro atoms. The first-order valence-corrected chi connectivity index (χ1v) is 7.59. The van der Waals surface area contributed by atoms with Gasteiger partial charge in [0.2, 0.25) is 0 Å². The molecule has 19 heavy (non-hydrogen) atoms. The molecule has 0 saturated heterocycles. The average molecular weight is 321 g/mol. The van der Waals surface area contributed by atoms with E-state index in [1.54, 1.807) is 0 Å². The van der Waals surface area contributed by atoms with Crippen LogP contribution in [0.4, 0.5) is 0 Å². The molecule has 2 aliphatic carbocycles. The zero-order valence-electron chi connectivity index (χ0n) is 11.2. The van der Waals surface area contributed by atoms with E-state index in [0.717, 1.165) is 22.0 Å². The van der Waals surface area contributed by atoms with Crippen LogP contribution in [0.15, 0.2) is 22.7 Å². The van der Waals surface area contributed by atoms with Crippen molar-refractivity contribution < 1.29 is 9.59 Å². The van der Waals surface area contributed by atoms with Gasteiger partial charge in [0.15, 0.2) is 5.78 Å². The average Bonchev–Trinajstić information content (AvgIpc) is 2.60. The van der Waals surface area contributed by atoms with Gasteiger partial charge in [0, 0.05) is 27.3 Å². The summed E-state index contributed by atoms with van der Waals surface area (Å²) in [6, 6.07) is 5.96. The molecule has 2 unspecified atom stereocenters. The van der Waals surface area contributed by atoms with Crippen molar-refractivity contribution in [2.24, 2.45) is 17.3 Å². The number of ketones is 2. The summed E-state index contributed by atoms with van der Waals surface area (Å²) in [5.74, 6) is 0.571. The molecule has 100 valence electrons. The molecule has 1 saturated carbocycles. The van der Waals surface area contributed by atoms with Gasteiger partial charge in [0.1, 0.15) is 5.78 Å². The third kappa shape index (κ3) is 1.90. The minimum atomic E-state index is -0.324. The number of rotatable bonds is 0. The first kappa shape index (κ1) is 13.0. The van der Waals surface area contributed by atoms with E-state index in [1.807, 2.05) is 32.0 Å². The molecule has 1 aromatic carbocycles. The van der Waals surface area contributed by atoms with Gasteiger partial charge in [-0.15, -0.1) is 0 Å². The number of hydrogen-bond donors (Lipinski definition) is 0. The van der Waals surface area contributed by atoms with Gasteiger partial charge in [-0.3, -0.25) is 9.59 Å². The molecule has 2 atom stereocenters. The van der Waals surface area contributed by atoms with Gasteiger partial charge >= 0.3 is 0 Å². The number of Topliss-reactive ketones (excluding diaryl/α,β-unsaturated/α-hetero) is 2. The summed E-state index contributed by atoms with van der Waals surface area (Å²) in [4.78, 5) is 24.8. The first-order valence-electron chi connectivity index (χ1n) is 6.80. The van der Waals surface area contributed by atoms with Crippen LogP contribution in [-0.4, -0.2) is 11.6 Å². The van der Waals surface area contributed by atoms with E-state index >= 15 is 0 Å². The quantitative estimate of drug-likeness (QED) is 0.728. The minimum absolute atomic E-state index is 0.00505. The Bertz CT molecular complexity index is 562. The van der Waals surface area contributed by atoms with Crippen LogP contribution in [0, 0.1) is 17.3 Å². The van der Waals surface area contributed by atoms with Crippen LogP contribution >= 0.6 is 15.9 Å². The SMILES string of the molecule is CC1CC2(Cc3ccc(Br)cc3C2=O)CC(C)C1=O. The molecule has 0 radical (unpaired) electrons.